The van der Waals surface area contributed by atoms with Crippen LogP contribution in [0.15, 0.2) is 22.7 Å². The van der Waals surface area contributed by atoms with E-state index in [1.54, 1.807) is 25.1 Å². The number of rotatable bonds is 4. The molecule has 0 aliphatic carbocycles. The van der Waals surface area contributed by atoms with Crippen molar-refractivity contribution in [2.75, 3.05) is 11.9 Å². The smallest absolute Gasteiger partial charge is 0.403 e. The third-order valence-electron chi connectivity index (χ3n) is 2.25. The van der Waals surface area contributed by atoms with Crippen LogP contribution < -0.4 is 5.32 Å². The zero-order valence-corrected chi connectivity index (χ0v) is 11.0. The Hall–Kier alpha value is -1.24. The highest BCUT2D eigenvalue weighted by molar-refractivity contribution is 9.10. The number of halogens is 4. The Balaban J connectivity index is 2.76. The fourth-order valence-electron chi connectivity index (χ4n) is 1.40. The number of carbonyl (C=O) groups is 1. The number of benzene rings is 1. The van der Waals surface area contributed by atoms with E-state index in [4.69, 9.17) is 5.11 Å². The molecule has 1 aromatic carbocycles. The van der Waals surface area contributed by atoms with Crippen LogP contribution in [0.3, 0.4) is 0 Å². The van der Waals surface area contributed by atoms with Crippen molar-refractivity contribution < 1.29 is 23.1 Å². The lowest BCUT2D eigenvalue weighted by Gasteiger charge is -2.17. The number of carboxylic acids is 1. The lowest BCUT2D eigenvalue weighted by molar-refractivity contribution is -0.190. The fourth-order valence-corrected chi connectivity index (χ4v) is 2.01. The van der Waals surface area contributed by atoms with Gasteiger partial charge in [-0.25, -0.2) is 0 Å². The van der Waals surface area contributed by atoms with Crippen molar-refractivity contribution in [2.24, 2.45) is 5.92 Å². The Morgan fingerprint density at radius 1 is 1.44 bits per heavy atom. The Morgan fingerprint density at radius 3 is 2.50 bits per heavy atom. The van der Waals surface area contributed by atoms with Gasteiger partial charge in [0.1, 0.15) is 0 Å². The van der Waals surface area contributed by atoms with Crippen molar-refractivity contribution in [2.45, 2.75) is 13.1 Å². The van der Waals surface area contributed by atoms with E-state index in [0.717, 1.165) is 5.56 Å². The molecule has 0 saturated heterocycles. The molecule has 0 saturated carbocycles. The van der Waals surface area contributed by atoms with E-state index < -0.39 is 24.6 Å². The number of aryl methyl sites for hydroxylation is 1. The minimum absolute atomic E-state index is 0.442. The van der Waals surface area contributed by atoms with Gasteiger partial charge in [-0.1, -0.05) is 15.9 Å². The maximum absolute atomic E-state index is 12.4. The first-order valence-electron chi connectivity index (χ1n) is 5.00. The van der Waals surface area contributed by atoms with Crippen molar-refractivity contribution >= 4 is 27.6 Å². The predicted molar refractivity (Wildman–Crippen MR) is 64.5 cm³/mol. The topological polar surface area (TPSA) is 49.3 Å². The van der Waals surface area contributed by atoms with Crippen LogP contribution in [0, 0.1) is 12.8 Å². The van der Waals surface area contributed by atoms with Crippen LogP contribution in [-0.2, 0) is 4.79 Å². The number of nitrogens with one attached hydrogen (secondary N) is 1. The van der Waals surface area contributed by atoms with Crippen LogP contribution in [-0.4, -0.2) is 23.8 Å². The van der Waals surface area contributed by atoms with Gasteiger partial charge in [0, 0.05) is 16.7 Å². The summed E-state index contributed by atoms with van der Waals surface area (Å²) in [5.41, 5.74) is 1.29. The molecule has 100 valence electrons. The number of hydrogen-bond acceptors (Lipinski definition) is 2. The SMILES string of the molecule is Cc1cc(Br)cc(NCC(C(=O)O)C(F)(F)F)c1. The Bertz CT molecular complexity index is 428. The summed E-state index contributed by atoms with van der Waals surface area (Å²) >= 11 is 3.21. The summed E-state index contributed by atoms with van der Waals surface area (Å²) in [6.07, 6.45) is -4.76. The van der Waals surface area contributed by atoms with Crippen molar-refractivity contribution in [1.29, 1.82) is 0 Å². The van der Waals surface area contributed by atoms with Gasteiger partial charge in [0.2, 0.25) is 0 Å². The molecule has 0 aliphatic heterocycles. The molecule has 1 atom stereocenters. The highest BCUT2D eigenvalue weighted by Gasteiger charge is 2.44. The largest absolute Gasteiger partial charge is 0.481 e. The van der Waals surface area contributed by atoms with Gasteiger partial charge < -0.3 is 10.4 Å². The van der Waals surface area contributed by atoms with Crippen LogP contribution >= 0.6 is 15.9 Å². The van der Waals surface area contributed by atoms with Crippen LogP contribution in [0.2, 0.25) is 0 Å². The number of alkyl halides is 3. The number of aliphatic carboxylic acids is 1. The van der Waals surface area contributed by atoms with E-state index in [0.29, 0.717) is 10.2 Å². The molecule has 0 heterocycles. The third kappa shape index (κ3) is 4.21. The first kappa shape index (κ1) is 14.8. The minimum atomic E-state index is -4.76. The molecule has 0 radical (unpaired) electrons. The molecule has 0 amide bonds. The fraction of sp³-hybridized carbons (Fsp3) is 0.364. The van der Waals surface area contributed by atoms with Crippen LogP contribution in [0.25, 0.3) is 0 Å². The number of carboxylic acid groups (broad SMARTS) is 1. The van der Waals surface area contributed by atoms with Gasteiger partial charge >= 0.3 is 12.1 Å². The maximum atomic E-state index is 12.4. The van der Waals surface area contributed by atoms with E-state index in [1.165, 1.54) is 0 Å². The van der Waals surface area contributed by atoms with E-state index in [-0.39, 0.29) is 0 Å². The standard InChI is InChI=1S/C11H11BrF3NO2/c1-6-2-7(12)4-8(3-6)16-5-9(10(17)18)11(13,14)15/h2-4,9,16H,5H2,1H3,(H,17,18). The molecule has 1 rings (SSSR count). The average Bonchev–Trinajstić information content (AvgIpc) is 2.12. The van der Waals surface area contributed by atoms with E-state index in [9.17, 15) is 18.0 Å². The van der Waals surface area contributed by atoms with E-state index in [2.05, 4.69) is 21.2 Å². The second-order valence-electron chi connectivity index (χ2n) is 3.83. The molecular formula is C11H11BrF3NO2. The van der Waals surface area contributed by atoms with Gasteiger partial charge in [0.05, 0.1) is 0 Å². The molecule has 3 nitrogen and oxygen atoms in total. The summed E-state index contributed by atoms with van der Waals surface area (Å²) in [6.45, 7) is 1.09. The highest BCUT2D eigenvalue weighted by Crippen LogP contribution is 2.27. The molecule has 18 heavy (non-hydrogen) atoms. The Labute approximate surface area is 110 Å². The molecule has 7 heteroatoms. The highest BCUT2D eigenvalue weighted by atomic mass is 79.9. The van der Waals surface area contributed by atoms with Crippen LogP contribution in [0.1, 0.15) is 5.56 Å². The van der Waals surface area contributed by atoms with Gasteiger partial charge in [-0.15, -0.1) is 0 Å². The van der Waals surface area contributed by atoms with Gasteiger partial charge in [0.15, 0.2) is 5.92 Å². The zero-order chi connectivity index (χ0) is 13.9. The molecule has 2 N–H and O–H groups in total. The molecule has 1 aromatic rings. The summed E-state index contributed by atoms with van der Waals surface area (Å²) in [7, 11) is 0. The Morgan fingerprint density at radius 2 is 2.06 bits per heavy atom. The summed E-state index contributed by atoms with van der Waals surface area (Å²) in [5.74, 6) is -4.31. The maximum Gasteiger partial charge on any atom is 0.403 e. The van der Waals surface area contributed by atoms with Crippen molar-refractivity contribution in [3.8, 4) is 0 Å². The van der Waals surface area contributed by atoms with Gasteiger partial charge in [-0.05, 0) is 30.7 Å². The Kier molecular flexibility index (Phi) is 4.61. The first-order valence-corrected chi connectivity index (χ1v) is 5.80. The predicted octanol–water partition coefficient (Wildman–Crippen LogP) is 3.43. The molecule has 0 aromatic heterocycles. The van der Waals surface area contributed by atoms with Crippen molar-refractivity contribution in [3.63, 3.8) is 0 Å². The molecule has 0 spiro atoms. The molecule has 1 unspecified atom stereocenters. The molecule has 0 bridgehead atoms. The first-order chi connectivity index (χ1) is 8.20. The quantitative estimate of drug-likeness (QED) is 0.891. The zero-order valence-electron chi connectivity index (χ0n) is 9.38. The van der Waals surface area contributed by atoms with Crippen LogP contribution in [0.4, 0.5) is 18.9 Å². The van der Waals surface area contributed by atoms with Gasteiger partial charge in [-0.3, -0.25) is 4.79 Å². The van der Waals surface area contributed by atoms with Gasteiger partial charge in [-0.2, -0.15) is 13.2 Å². The van der Waals surface area contributed by atoms with Crippen molar-refractivity contribution in [3.05, 3.63) is 28.2 Å². The van der Waals surface area contributed by atoms with Crippen LogP contribution in [0.5, 0.6) is 0 Å². The summed E-state index contributed by atoms with van der Waals surface area (Å²) in [6, 6.07) is 5.02. The normalized spacial score (nSPS) is 13.2. The second kappa shape index (κ2) is 5.60. The molecule has 0 aliphatic rings. The lowest BCUT2D eigenvalue weighted by atomic mass is 10.1. The third-order valence-corrected chi connectivity index (χ3v) is 2.70. The molecule has 0 fully saturated rings. The van der Waals surface area contributed by atoms with Crippen molar-refractivity contribution in [1.82, 2.24) is 0 Å². The summed E-state index contributed by atoms with van der Waals surface area (Å²) < 4.78 is 37.9. The van der Waals surface area contributed by atoms with E-state index in [1.807, 2.05) is 0 Å². The van der Waals surface area contributed by atoms with E-state index >= 15 is 0 Å². The summed E-state index contributed by atoms with van der Waals surface area (Å²) in [5, 5.41) is 11.0. The van der Waals surface area contributed by atoms with Gasteiger partial charge in [0.25, 0.3) is 0 Å². The summed E-state index contributed by atoms with van der Waals surface area (Å²) in [4.78, 5) is 10.5. The number of hydrogen-bond donors (Lipinski definition) is 2. The lowest BCUT2D eigenvalue weighted by Crippen LogP contribution is -2.36. The average molecular weight is 326 g/mol. The monoisotopic (exact) mass is 325 g/mol. The molecular weight excluding hydrogens is 315 g/mol. The number of anilines is 1. The minimum Gasteiger partial charge on any atom is -0.481 e. The second-order valence-corrected chi connectivity index (χ2v) is 4.75.